The van der Waals surface area contributed by atoms with Crippen LogP contribution in [0.15, 0.2) is 114 Å². The number of fused-ring (bicyclic) bond motifs is 8. The molecule has 0 bridgehead atoms. The van der Waals surface area contributed by atoms with Gasteiger partial charge in [0.2, 0.25) is 0 Å². The van der Waals surface area contributed by atoms with Crippen LogP contribution in [0.1, 0.15) is 0 Å². The highest BCUT2D eigenvalue weighted by atomic mass is 32.2. The van der Waals surface area contributed by atoms with Crippen LogP contribution in [-0.2, 0) is 14.3 Å². The second-order valence-electron chi connectivity index (χ2n) is 11.5. The van der Waals surface area contributed by atoms with Crippen LogP contribution < -0.4 is 14.8 Å². The van der Waals surface area contributed by atoms with Crippen LogP contribution in [0.2, 0.25) is 0 Å². The maximum atomic E-state index is 12.9. The lowest BCUT2D eigenvalue weighted by molar-refractivity contribution is -0.137. The van der Waals surface area contributed by atoms with Crippen molar-refractivity contribution in [2.24, 2.45) is 5.41 Å². The highest BCUT2D eigenvalue weighted by molar-refractivity contribution is 8.01. The molecule has 0 atom stereocenters. The fourth-order valence-electron chi connectivity index (χ4n) is 5.73. The molecule has 1 aromatic heterocycles. The summed E-state index contributed by atoms with van der Waals surface area (Å²) in [5.41, 5.74) is 2.09. The number of hydrogen-bond acceptors (Lipinski definition) is 9. The highest BCUT2D eigenvalue weighted by Crippen LogP contribution is 2.47. The van der Waals surface area contributed by atoms with Gasteiger partial charge in [-0.15, -0.1) is 11.3 Å². The Morgan fingerprint density at radius 3 is 2.12 bits per heavy atom. The Kier molecular flexibility index (Phi) is 9.18. The predicted molar refractivity (Wildman–Crippen MR) is 191 cm³/mol. The maximum Gasteiger partial charge on any atom is 0.407 e. The third-order valence-electron chi connectivity index (χ3n) is 8.17. The molecule has 0 unspecified atom stereocenters. The number of ether oxygens (including phenoxy) is 4. The third kappa shape index (κ3) is 6.67. The first-order valence-electron chi connectivity index (χ1n) is 15.5. The Morgan fingerprint density at radius 1 is 0.854 bits per heavy atom. The molecule has 0 radical (unpaired) electrons. The van der Waals surface area contributed by atoms with Gasteiger partial charge in [0.15, 0.2) is 4.34 Å². The summed E-state index contributed by atoms with van der Waals surface area (Å²) in [6.45, 7) is 3.91. The first-order valence-corrected chi connectivity index (χ1v) is 17.3. The molecule has 48 heavy (non-hydrogen) atoms. The number of nitrogens with one attached hydrogen (secondary N) is 1. The number of thiazole rings is 1. The molecule has 1 aliphatic heterocycles. The summed E-state index contributed by atoms with van der Waals surface area (Å²) in [7, 11) is 0. The van der Waals surface area contributed by atoms with Crippen molar-refractivity contribution in [1.82, 2.24) is 10.3 Å². The lowest BCUT2D eigenvalue weighted by atomic mass is 9.92. The van der Waals surface area contributed by atoms with Gasteiger partial charge in [-0.3, -0.25) is 0 Å². The number of aromatic nitrogens is 1. The van der Waals surface area contributed by atoms with Crippen molar-refractivity contribution in [3.63, 3.8) is 0 Å². The van der Waals surface area contributed by atoms with Crippen molar-refractivity contribution in [1.29, 1.82) is 0 Å². The number of esters is 1. The lowest BCUT2D eigenvalue weighted by Gasteiger charge is -2.32. The van der Waals surface area contributed by atoms with Gasteiger partial charge in [-0.2, -0.15) is 0 Å². The molecule has 0 saturated carbocycles. The molecule has 242 valence electrons. The zero-order chi connectivity index (χ0) is 32.9. The summed E-state index contributed by atoms with van der Waals surface area (Å²) in [5.74, 6) is 1.39. The normalized spacial score (nSPS) is 13.6. The Balaban J connectivity index is 1.24. The zero-order valence-corrected chi connectivity index (χ0v) is 27.6. The number of para-hydroxylation sites is 1. The van der Waals surface area contributed by atoms with E-state index in [-0.39, 0.29) is 33.0 Å². The van der Waals surface area contributed by atoms with Gasteiger partial charge in [-0.05, 0) is 45.8 Å². The van der Waals surface area contributed by atoms with Gasteiger partial charge in [-0.25, -0.2) is 14.6 Å². The average molecular weight is 677 g/mol. The number of hydrogen-bond donors (Lipinski definition) is 1. The van der Waals surface area contributed by atoms with Gasteiger partial charge in [0, 0.05) is 23.0 Å². The smallest absolute Gasteiger partial charge is 0.407 e. The Bertz CT molecular complexity index is 2020. The van der Waals surface area contributed by atoms with Gasteiger partial charge in [0.1, 0.15) is 37.9 Å². The Labute approximate surface area is 285 Å². The monoisotopic (exact) mass is 676 g/mol. The molecule has 1 amide bonds. The first-order chi connectivity index (χ1) is 23.5. The maximum absolute atomic E-state index is 12.9. The number of alkyl carbamates (subject to hydrolysis) is 1. The molecule has 0 fully saturated rings. The minimum Gasteiger partial charge on any atom is -0.492 e. The Morgan fingerprint density at radius 2 is 1.48 bits per heavy atom. The highest BCUT2D eigenvalue weighted by Gasteiger charge is 2.37. The summed E-state index contributed by atoms with van der Waals surface area (Å²) in [6.07, 6.45) is 0.441. The summed E-state index contributed by atoms with van der Waals surface area (Å²) in [6, 6.07) is 32.7. The average Bonchev–Trinajstić information content (AvgIpc) is 3.57. The molecule has 0 spiro atoms. The predicted octanol–water partition coefficient (Wildman–Crippen LogP) is 8.28. The van der Waals surface area contributed by atoms with Crippen molar-refractivity contribution in [3.8, 4) is 22.6 Å². The van der Waals surface area contributed by atoms with Crippen LogP contribution in [0.25, 0.3) is 42.9 Å². The largest absolute Gasteiger partial charge is 0.492 e. The topological polar surface area (TPSA) is 96.0 Å². The number of nitrogens with zero attached hydrogens (tertiary/aromatic N) is 1. The van der Waals surface area contributed by atoms with Crippen LogP contribution in [0, 0.1) is 5.41 Å². The van der Waals surface area contributed by atoms with Crippen LogP contribution in [0.4, 0.5) is 4.79 Å². The molecule has 1 aliphatic rings. The molecule has 6 aromatic rings. The second-order valence-corrected chi connectivity index (χ2v) is 13.8. The lowest BCUT2D eigenvalue weighted by Crippen LogP contribution is -2.43. The fraction of sp³-hybridized carbons (Fsp3) is 0.184. The number of rotatable bonds is 9. The molecular formula is C38H32N2O6S2. The molecular weight excluding hydrogens is 645 g/mol. The summed E-state index contributed by atoms with van der Waals surface area (Å²) >= 11 is 3.21. The van der Waals surface area contributed by atoms with E-state index < -0.39 is 17.5 Å². The van der Waals surface area contributed by atoms with Crippen molar-refractivity contribution >= 4 is 66.9 Å². The summed E-state index contributed by atoms with van der Waals surface area (Å²) < 4.78 is 26.3. The van der Waals surface area contributed by atoms with E-state index in [4.69, 9.17) is 23.9 Å². The number of carbonyl (C=O) groups excluding carboxylic acids is 2. The van der Waals surface area contributed by atoms with Crippen molar-refractivity contribution in [2.45, 2.75) is 4.34 Å². The van der Waals surface area contributed by atoms with Crippen LogP contribution >= 0.6 is 23.1 Å². The van der Waals surface area contributed by atoms with Crippen molar-refractivity contribution in [2.75, 3.05) is 38.7 Å². The van der Waals surface area contributed by atoms with Gasteiger partial charge in [0.05, 0.1) is 22.2 Å². The van der Waals surface area contributed by atoms with Gasteiger partial charge in [-0.1, -0.05) is 91.1 Å². The number of benzene rings is 5. The van der Waals surface area contributed by atoms with Gasteiger partial charge < -0.3 is 24.3 Å². The van der Waals surface area contributed by atoms with E-state index >= 15 is 0 Å². The molecule has 7 rings (SSSR count). The van der Waals surface area contributed by atoms with E-state index in [1.165, 1.54) is 0 Å². The van der Waals surface area contributed by atoms with E-state index in [1.54, 1.807) is 23.1 Å². The minimum absolute atomic E-state index is 0.000256. The van der Waals surface area contributed by atoms with E-state index in [1.807, 2.05) is 54.6 Å². The number of carbonyl (C=O) groups is 2. The quantitative estimate of drug-likeness (QED) is 0.0708. The number of thioether (sulfide) groups is 1. The van der Waals surface area contributed by atoms with Crippen molar-refractivity contribution < 1.29 is 28.5 Å². The third-order valence-corrected chi connectivity index (χ3v) is 10.7. The molecule has 2 heterocycles. The minimum atomic E-state index is -0.772. The molecule has 10 heteroatoms. The van der Waals surface area contributed by atoms with Crippen LogP contribution in [0.3, 0.4) is 0 Å². The molecule has 5 aromatic carbocycles. The van der Waals surface area contributed by atoms with Crippen LogP contribution in [-0.4, -0.2) is 55.8 Å². The fourth-order valence-corrected chi connectivity index (χ4v) is 7.95. The van der Waals surface area contributed by atoms with E-state index in [0.29, 0.717) is 5.75 Å². The Hall–Kier alpha value is -5.06. The van der Waals surface area contributed by atoms with Crippen molar-refractivity contribution in [3.05, 3.63) is 110 Å². The molecule has 0 saturated heterocycles. The van der Waals surface area contributed by atoms with Gasteiger partial charge >= 0.3 is 12.1 Å². The van der Waals surface area contributed by atoms with E-state index in [9.17, 15) is 9.59 Å². The van der Waals surface area contributed by atoms with Gasteiger partial charge in [0.25, 0.3) is 0 Å². The molecule has 0 aliphatic carbocycles. The standard InChI is InChI=1S/C38H32N2O6S2/c1-2-33(41)43-20-19-39-36(42)46-23-38(24-47-37-40-29-13-7-8-14-32(29)48-37)21-44-30-17-15-25-9-3-5-11-27(25)34(30)35-28-12-6-4-10-26(28)16-18-31(35)45-22-38/h2-18H,1,19-24H2,(H,39,42). The first kappa shape index (κ1) is 31.5. The van der Waals surface area contributed by atoms with E-state index in [0.717, 1.165) is 64.8 Å². The molecule has 8 nitrogen and oxygen atoms in total. The van der Waals surface area contributed by atoms with Crippen LogP contribution in [0.5, 0.6) is 11.5 Å². The SMILES string of the molecule is C=CC(=O)OCCNC(=O)OCC1(CSc2nc3ccccc3s2)COc2ccc3ccccc3c2-c2c(ccc3ccccc23)OC1. The second kappa shape index (κ2) is 14.0. The summed E-state index contributed by atoms with van der Waals surface area (Å²) in [5, 5.41) is 6.95. The zero-order valence-electron chi connectivity index (χ0n) is 26.0. The number of amides is 1. The van der Waals surface area contributed by atoms with E-state index in [2.05, 4.69) is 54.4 Å². The summed E-state index contributed by atoms with van der Waals surface area (Å²) in [4.78, 5) is 29.0. The molecule has 1 N–H and O–H groups in total.